The van der Waals surface area contributed by atoms with Gasteiger partial charge in [-0.2, -0.15) is 0 Å². The third-order valence-electron chi connectivity index (χ3n) is 3.94. The minimum atomic E-state index is 0.419. The van der Waals surface area contributed by atoms with Gasteiger partial charge in [-0.05, 0) is 25.8 Å². The molecule has 0 saturated carbocycles. The van der Waals surface area contributed by atoms with Crippen LogP contribution in [0.1, 0.15) is 12.8 Å². The summed E-state index contributed by atoms with van der Waals surface area (Å²) < 4.78 is 5.41. The Bertz CT molecular complexity index is 213. The van der Waals surface area contributed by atoms with Gasteiger partial charge >= 0.3 is 0 Å². The van der Waals surface area contributed by atoms with Gasteiger partial charge in [0.05, 0.1) is 0 Å². The molecule has 0 bridgehead atoms. The summed E-state index contributed by atoms with van der Waals surface area (Å²) in [6, 6.07) is 0.419. The van der Waals surface area contributed by atoms with Gasteiger partial charge in [0.25, 0.3) is 0 Å². The van der Waals surface area contributed by atoms with Crippen molar-refractivity contribution in [3.8, 4) is 0 Å². The highest BCUT2D eigenvalue weighted by molar-refractivity contribution is 4.80. The molecule has 1 unspecified atom stereocenters. The van der Waals surface area contributed by atoms with Crippen LogP contribution in [0, 0.1) is 5.92 Å². The van der Waals surface area contributed by atoms with Crippen LogP contribution >= 0.6 is 0 Å². The van der Waals surface area contributed by atoms with E-state index >= 15 is 0 Å². The van der Waals surface area contributed by atoms with E-state index in [0.717, 1.165) is 58.8 Å². The minimum absolute atomic E-state index is 0.419. The average molecular weight is 242 g/mol. The van der Waals surface area contributed by atoms with Crippen molar-refractivity contribution in [2.75, 3.05) is 53.0 Å². The Morgan fingerprint density at radius 2 is 1.88 bits per heavy atom. The van der Waals surface area contributed by atoms with Crippen molar-refractivity contribution in [3.05, 3.63) is 0 Å². The van der Waals surface area contributed by atoms with E-state index in [9.17, 15) is 0 Å². The molecule has 0 aliphatic carbocycles. The molecule has 2 rings (SSSR count). The van der Waals surface area contributed by atoms with Gasteiger partial charge in [0.15, 0.2) is 0 Å². The summed E-state index contributed by atoms with van der Waals surface area (Å²) in [6.45, 7) is 6.97. The van der Waals surface area contributed by atoms with Crippen molar-refractivity contribution in [1.29, 1.82) is 0 Å². The molecule has 5 heteroatoms. The van der Waals surface area contributed by atoms with Gasteiger partial charge in [-0.25, -0.2) is 5.01 Å². The second-order valence-corrected chi connectivity index (χ2v) is 5.21. The Morgan fingerprint density at radius 1 is 1.24 bits per heavy atom. The monoisotopic (exact) mass is 242 g/mol. The first-order valence-corrected chi connectivity index (χ1v) is 6.77. The minimum Gasteiger partial charge on any atom is -0.381 e. The van der Waals surface area contributed by atoms with Gasteiger partial charge in [-0.15, -0.1) is 0 Å². The number of hydrazine groups is 1. The topological polar surface area (TPSA) is 53.8 Å². The fourth-order valence-electron chi connectivity index (χ4n) is 2.64. The van der Waals surface area contributed by atoms with Crippen molar-refractivity contribution in [2.24, 2.45) is 11.7 Å². The predicted octanol–water partition coefficient (Wildman–Crippen LogP) is -0.508. The maximum absolute atomic E-state index is 5.91. The van der Waals surface area contributed by atoms with E-state index in [1.54, 1.807) is 0 Å². The number of likely N-dealkylation sites (N-methyl/N-ethyl adjacent to an activating group) is 1. The van der Waals surface area contributed by atoms with Crippen molar-refractivity contribution < 1.29 is 4.74 Å². The molecule has 2 heterocycles. The molecule has 5 nitrogen and oxygen atoms in total. The molecule has 1 atom stereocenters. The number of nitrogens with one attached hydrogen (secondary N) is 1. The first kappa shape index (κ1) is 13.2. The van der Waals surface area contributed by atoms with E-state index in [2.05, 4.69) is 22.4 Å². The highest BCUT2D eigenvalue weighted by Crippen LogP contribution is 2.18. The summed E-state index contributed by atoms with van der Waals surface area (Å²) in [5.41, 5.74) is 9.53. The summed E-state index contributed by atoms with van der Waals surface area (Å²) in [7, 11) is 2.18. The standard InChI is InChI=1S/C12H26N4O/c1-15-4-6-16(7-5-15)14-12(10-13)11-2-8-17-9-3-11/h11-12,14H,2-10,13H2,1H3. The zero-order chi connectivity index (χ0) is 12.1. The molecular formula is C12H26N4O. The molecule has 0 aromatic heterocycles. The number of nitrogens with zero attached hydrogens (tertiary/aromatic N) is 2. The van der Waals surface area contributed by atoms with Crippen LogP contribution in [-0.2, 0) is 4.74 Å². The van der Waals surface area contributed by atoms with E-state index in [1.807, 2.05) is 0 Å². The number of rotatable bonds is 4. The third kappa shape index (κ3) is 3.89. The van der Waals surface area contributed by atoms with Gasteiger partial charge in [-0.3, -0.25) is 5.43 Å². The Kier molecular flexibility index (Phi) is 5.18. The van der Waals surface area contributed by atoms with E-state index < -0.39 is 0 Å². The summed E-state index contributed by atoms with van der Waals surface area (Å²) in [4.78, 5) is 2.37. The number of ether oxygens (including phenoxy) is 1. The summed E-state index contributed by atoms with van der Waals surface area (Å²) in [5, 5.41) is 2.34. The smallest absolute Gasteiger partial charge is 0.0469 e. The number of nitrogens with two attached hydrogens (primary N) is 1. The number of hydrogen-bond acceptors (Lipinski definition) is 5. The van der Waals surface area contributed by atoms with Crippen LogP contribution in [0.4, 0.5) is 0 Å². The highest BCUT2D eigenvalue weighted by atomic mass is 16.5. The second kappa shape index (κ2) is 6.66. The maximum Gasteiger partial charge on any atom is 0.0469 e. The largest absolute Gasteiger partial charge is 0.381 e. The van der Waals surface area contributed by atoms with Gasteiger partial charge in [0, 0.05) is 52.0 Å². The number of hydrogen-bond donors (Lipinski definition) is 2. The summed E-state index contributed by atoms with van der Waals surface area (Å²) >= 11 is 0. The maximum atomic E-state index is 5.91. The Balaban J connectivity index is 1.78. The van der Waals surface area contributed by atoms with Gasteiger partial charge in [0.1, 0.15) is 0 Å². The van der Waals surface area contributed by atoms with Crippen LogP contribution in [0.3, 0.4) is 0 Å². The van der Waals surface area contributed by atoms with E-state index in [-0.39, 0.29) is 0 Å². The van der Waals surface area contributed by atoms with Crippen molar-refractivity contribution >= 4 is 0 Å². The summed E-state index contributed by atoms with van der Waals surface area (Å²) in [6.07, 6.45) is 2.28. The molecule has 0 spiro atoms. The zero-order valence-electron chi connectivity index (χ0n) is 10.9. The second-order valence-electron chi connectivity index (χ2n) is 5.21. The lowest BCUT2D eigenvalue weighted by Crippen LogP contribution is -2.57. The molecule has 2 aliphatic heterocycles. The lowest BCUT2D eigenvalue weighted by Gasteiger charge is -2.38. The normalized spacial score (nSPS) is 27.2. The first-order valence-electron chi connectivity index (χ1n) is 6.77. The highest BCUT2D eigenvalue weighted by Gasteiger charge is 2.25. The SMILES string of the molecule is CN1CCN(NC(CN)C2CCOCC2)CC1. The molecule has 17 heavy (non-hydrogen) atoms. The fourth-order valence-corrected chi connectivity index (χ4v) is 2.64. The average Bonchev–Trinajstić information content (AvgIpc) is 2.39. The van der Waals surface area contributed by atoms with Crippen LogP contribution in [0.2, 0.25) is 0 Å². The van der Waals surface area contributed by atoms with Gasteiger partial charge in [-0.1, -0.05) is 0 Å². The Labute approximate surface area is 104 Å². The Hall–Kier alpha value is -0.200. The van der Waals surface area contributed by atoms with E-state index in [4.69, 9.17) is 10.5 Å². The lowest BCUT2D eigenvalue weighted by atomic mass is 9.92. The summed E-state index contributed by atoms with van der Waals surface area (Å²) in [5.74, 6) is 0.674. The van der Waals surface area contributed by atoms with Crippen molar-refractivity contribution in [2.45, 2.75) is 18.9 Å². The molecular weight excluding hydrogens is 216 g/mol. The molecule has 100 valence electrons. The van der Waals surface area contributed by atoms with Crippen molar-refractivity contribution in [3.63, 3.8) is 0 Å². The third-order valence-corrected chi connectivity index (χ3v) is 3.94. The molecule has 2 aliphatic rings. The molecule has 0 aromatic rings. The quantitative estimate of drug-likeness (QED) is 0.695. The van der Waals surface area contributed by atoms with Crippen LogP contribution in [-0.4, -0.2) is 68.9 Å². The molecule has 3 N–H and O–H groups in total. The van der Waals surface area contributed by atoms with Gasteiger partial charge in [0.2, 0.25) is 0 Å². The predicted molar refractivity (Wildman–Crippen MR) is 68.6 cm³/mol. The zero-order valence-corrected chi connectivity index (χ0v) is 10.9. The van der Waals surface area contributed by atoms with Gasteiger partial charge < -0.3 is 15.4 Å². The van der Waals surface area contributed by atoms with Crippen molar-refractivity contribution in [1.82, 2.24) is 15.3 Å². The van der Waals surface area contributed by atoms with Crippen LogP contribution in [0.25, 0.3) is 0 Å². The van der Waals surface area contributed by atoms with Crippen LogP contribution in [0.15, 0.2) is 0 Å². The molecule has 0 radical (unpaired) electrons. The molecule has 2 saturated heterocycles. The van der Waals surface area contributed by atoms with E-state index in [0.29, 0.717) is 12.0 Å². The molecule has 2 fully saturated rings. The fraction of sp³-hybridized carbons (Fsp3) is 1.00. The molecule has 0 aromatic carbocycles. The number of piperazine rings is 1. The van der Waals surface area contributed by atoms with Crippen LogP contribution in [0.5, 0.6) is 0 Å². The Morgan fingerprint density at radius 3 is 2.47 bits per heavy atom. The van der Waals surface area contributed by atoms with Crippen LogP contribution < -0.4 is 11.2 Å². The van der Waals surface area contributed by atoms with E-state index in [1.165, 1.54) is 0 Å². The lowest BCUT2D eigenvalue weighted by molar-refractivity contribution is 0.0260. The molecule has 0 amide bonds. The first-order chi connectivity index (χ1) is 8.29.